The standard InChI is InChI=1S/C26H27BrN2O5/c1-31-21-12-17(13-22(32-2)25(21)34-4)26-28-20-11-10-18(27)14-19(20)24(16-8-6-5-7-9-16)29(26)15-23(30)33-3/h5-14,24,26,28H,15H2,1-4H3/t24-,26-/m1/s1. The van der Waals surface area contributed by atoms with E-state index in [0.717, 1.165) is 26.9 Å². The zero-order chi connectivity index (χ0) is 24.2. The van der Waals surface area contributed by atoms with E-state index >= 15 is 0 Å². The Labute approximate surface area is 207 Å². The molecule has 1 heterocycles. The molecule has 8 heteroatoms. The fourth-order valence-corrected chi connectivity index (χ4v) is 4.76. The van der Waals surface area contributed by atoms with Gasteiger partial charge in [0.05, 0.1) is 41.0 Å². The molecule has 7 nitrogen and oxygen atoms in total. The van der Waals surface area contributed by atoms with Crippen molar-refractivity contribution < 1.29 is 23.7 Å². The van der Waals surface area contributed by atoms with Crippen molar-refractivity contribution in [3.05, 3.63) is 81.8 Å². The van der Waals surface area contributed by atoms with Crippen molar-refractivity contribution in [3.63, 3.8) is 0 Å². The van der Waals surface area contributed by atoms with Crippen LogP contribution in [0.1, 0.15) is 28.9 Å². The SMILES string of the molecule is COC(=O)CN1[C@H](c2ccccc2)c2cc(Br)ccc2N[C@H]1c1cc(OC)c(OC)c(OC)c1. The highest BCUT2D eigenvalue weighted by molar-refractivity contribution is 9.10. The first-order chi connectivity index (χ1) is 16.5. The number of carbonyl (C=O) groups is 1. The molecule has 0 aliphatic carbocycles. The van der Waals surface area contributed by atoms with Crippen LogP contribution in [0, 0.1) is 0 Å². The van der Waals surface area contributed by atoms with Crippen molar-refractivity contribution in [1.29, 1.82) is 0 Å². The third-order valence-electron chi connectivity index (χ3n) is 5.92. The fraction of sp³-hybridized carbons (Fsp3) is 0.269. The van der Waals surface area contributed by atoms with Crippen LogP contribution >= 0.6 is 15.9 Å². The lowest BCUT2D eigenvalue weighted by molar-refractivity contribution is -0.143. The number of hydrogen-bond donors (Lipinski definition) is 1. The van der Waals surface area contributed by atoms with E-state index in [-0.39, 0.29) is 24.7 Å². The Hall–Kier alpha value is -3.23. The number of fused-ring (bicyclic) bond motifs is 1. The van der Waals surface area contributed by atoms with Crippen molar-refractivity contribution >= 4 is 27.6 Å². The van der Waals surface area contributed by atoms with E-state index in [2.05, 4.69) is 44.3 Å². The van der Waals surface area contributed by atoms with Crippen LogP contribution in [0.15, 0.2) is 65.1 Å². The third kappa shape index (κ3) is 4.56. The van der Waals surface area contributed by atoms with Crippen molar-refractivity contribution in [2.75, 3.05) is 40.3 Å². The molecule has 1 aliphatic rings. The number of benzene rings is 3. The molecule has 0 fully saturated rings. The highest BCUT2D eigenvalue weighted by atomic mass is 79.9. The Morgan fingerprint density at radius 1 is 0.912 bits per heavy atom. The number of methoxy groups -OCH3 is 4. The molecule has 0 spiro atoms. The molecule has 1 N–H and O–H groups in total. The lowest BCUT2D eigenvalue weighted by Crippen LogP contribution is -2.44. The van der Waals surface area contributed by atoms with Gasteiger partial charge in [-0.3, -0.25) is 9.69 Å². The van der Waals surface area contributed by atoms with E-state index in [4.69, 9.17) is 18.9 Å². The lowest BCUT2D eigenvalue weighted by Gasteiger charge is -2.44. The molecular weight excluding hydrogens is 500 g/mol. The number of hydrogen-bond acceptors (Lipinski definition) is 7. The first-order valence-corrected chi connectivity index (χ1v) is 11.5. The summed E-state index contributed by atoms with van der Waals surface area (Å²) in [6, 6.07) is 19.8. The molecule has 34 heavy (non-hydrogen) atoms. The first-order valence-electron chi connectivity index (χ1n) is 10.7. The molecule has 0 aromatic heterocycles. The zero-order valence-corrected chi connectivity index (χ0v) is 21.1. The minimum absolute atomic E-state index is 0.0658. The van der Waals surface area contributed by atoms with Crippen molar-refractivity contribution in [2.24, 2.45) is 0 Å². The summed E-state index contributed by atoms with van der Waals surface area (Å²) in [4.78, 5) is 14.7. The van der Waals surface area contributed by atoms with Gasteiger partial charge in [0.2, 0.25) is 5.75 Å². The lowest BCUT2D eigenvalue weighted by atomic mass is 9.91. The van der Waals surface area contributed by atoms with Gasteiger partial charge in [0.15, 0.2) is 11.5 Å². The summed E-state index contributed by atoms with van der Waals surface area (Å²) in [7, 11) is 6.14. The molecule has 0 saturated carbocycles. The Morgan fingerprint density at radius 3 is 2.18 bits per heavy atom. The van der Waals surface area contributed by atoms with Crippen LogP contribution in [-0.2, 0) is 9.53 Å². The van der Waals surface area contributed by atoms with Gasteiger partial charge in [-0.15, -0.1) is 0 Å². The Bertz CT molecular complexity index is 1150. The summed E-state index contributed by atoms with van der Waals surface area (Å²) >= 11 is 3.60. The van der Waals surface area contributed by atoms with Crippen LogP contribution in [0.5, 0.6) is 17.2 Å². The topological polar surface area (TPSA) is 69.3 Å². The second-order valence-electron chi connectivity index (χ2n) is 7.80. The Balaban J connectivity index is 1.93. The molecule has 178 valence electrons. The number of esters is 1. The molecule has 0 unspecified atom stereocenters. The summed E-state index contributed by atoms with van der Waals surface area (Å²) in [6.45, 7) is 0.0658. The van der Waals surface area contributed by atoms with E-state index in [0.29, 0.717) is 17.2 Å². The summed E-state index contributed by atoms with van der Waals surface area (Å²) in [5.74, 6) is 1.25. The molecule has 2 atom stereocenters. The summed E-state index contributed by atoms with van der Waals surface area (Å²) in [5.41, 5.74) is 3.93. The first kappa shape index (κ1) is 23.9. The number of nitrogens with zero attached hydrogens (tertiary/aromatic N) is 1. The second kappa shape index (κ2) is 10.4. The minimum atomic E-state index is -0.383. The second-order valence-corrected chi connectivity index (χ2v) is 8.71. The molecule has 0 bridgehead atoms. The predicted octanol–water partition coefficient (Wildman–Crippen LogP) is 5.16. The number of nitrogens with one attached hydrogen (secondary N) is 1. The van der Waals surface area contributed by atoms with E-state index in [1.807, 2.05) is 42.5 Å². The highest BCUT2D eigenvalue weighted by Gasteiger charge is 2.38. The van der Waals surface area contributed by atoms with Gasteiger partial charge in [0.1, 0.15) is 6.17 Å². The van der Waals surface area contributed by atoms with Crippen LogP contribution in [-0.4, -0.2) is 45.9 Å². The molecule has 3 aromatic carbocycles. The van der Waals surface area contributed by atoms with Gasteiger partial charge in [-0.25, -0.2) is 0 Å². The molecule has 0 radical (unpaired) electrons. The maximum atomic E-state index is 12.6. The molecule has 0 amide bonds. The van der Waals surface area contributed by atoms with Gasteiger partial charge >= 0.3 is 5.97 Å². The van der Waals surface area contributed by atoms with E-state index in [1.54, 1.807) is 21.3 Å². The van der Waals surface area contributed by atoms with Crippen LogP contribution in [0.2, 0.25) is 0 Å². The quantitative estimate of drug-likeness (QED) is 0.426. The van der Waals surface area contributed by atoms with E-state index in [9.17, 15) is 4.79 Å². The van der Waals surface area contributed by atoms with E-state index < -0.39 is 0 Å². The molecule has 1 aliphatic heterocycles. The van der Waals surface area contributed by atoms with E-state index in [1.165, 1.54) is 7.11 Å². The smallest absolute Gasteiger partial charge is 0.319 e. The number of halogens is 1. The van der Waals surface area contributed by atoms with Crippen molar-refractivity contribution in [1.82, 2.24) is 4.90 Å². The van der Waals surface area contributed by atoms with Gasteiger partial charge in [0, 0.05) is 10.2 Å². The Kier molecular flexibility index (Phi) is 7.29. The average molecular weight is 527 g/mol. The van der Waals surface area contributed by atoms with Crippen LogP contribution in [0.4, 0.5) is 5.69 Å². The van der Waals surface area contributed by atoms with Gasteiger partial charge in [-0.05, 0) is 47.0 Å². The van der Waals surface area contributed by atoms with Gasteiger partial charge < -0.3 is 24.3 Å². The number of carbonyl (C=O) groups excluding carboxylic acids is 1. The van der Waals surface area contributed by atoms with Crippen LogP contribution in [0.25, 0.3) is 0 Å². The fourth-order valence-electron chi connectivity index (χ4n) is 4.39. The van der Waals surface area contributed by atoms with Gasteiger partial charge in [-0.1, -0.05) is 46.3 Å². The Morgan fingerprint density at radius 2 is 1.59 bits per heavy atom. The monoisotopic (exact) mass is 526 g/mol. The normalized spacial score (nSPS) is 17.3. The predicted molar refractivity (Wildman–Crippen MR) is 134 cm³/mol. The molecule has 0 saturated heterocycles. The van der Waals surface area contributed by atoms with Crippen LogP contribution in [0.3, 0.4) is 0 Å². The molecule has 4 rings (SSSR count). The third-order valence-corrected chi connectivity index (χ3v) is 6.41. The van der Waals surface area contributed by atoms with Crippen molar-refractivity contribution in [2.45, 2.75) is 12.2 Å². The minimum Gasteiger partial charge on any atom is -0.493 e. The number of ether oxygens (including phenoxy) is 4. The average Bonchev–Trinajstić information content (AvgIpc) is 2.87. The summed E-state index contributed by atoms with van der Waals surface area (Å²) < 4.78 is 22.7. The summed E-state index contributed by atoms with van der Waals surface area (Å²) in [5, 5.41) is 3.61. The van der Waals surface area contributed by atoms with Gasteiger partial charge in [-0.2, -0.15) is 0 Å². The summed E-state index contributed by atoms with van der Waals surface area (Å²) in [6.07, 6.45) is -0.383. The largest absolute Gasteiger partial charge is 0.493 e. The highest BCUT2D eigenvalue weighted by Crippen LogP contribution is 2.47. The van der Waals surface area contributed by atoms with Crippen molar-refractivity contribution in [3.8, 4) is 17.2 Å². The van der Waals surface area contributed by atoms with Gasteiger partial charge in [0.25, 0.3) is 0 Å². The molecule has 3 aromatic rings. The maximum absolute atomic E-state index is 12.6. The zero-order valence-electron chi connectivity index (χ0n) is 19.5. The van der Waals surface area contributed by atoms with Crippen LogP contribution < -0.4 is 19.5 Å². The number of anilines is 1. The molecular formula is C26H27BrN2O5. The number of rotatable bonds is 7. The maximum Gasteiger partial charge on any atom is 0.319 e.